The fraction of sp³-hybridized carbons (Fsp3) is 0.280. The number of carbonyl (C=O) groups excluding carboxylic acids is 2. The Bertz CT molecular complexity index is 1330. The maximum atomic E-state index is 13.2. The Morgan fingerprint density at radius 1 is 1.06 bits per heavy atom. The van der Waals surface area contributed by atoms with Crippen molar-refractivity contribution in [3.05, 3.63) is 64.7 Å². The molecule has 0 spiro atoms. The van der Waals surface area contributed by atoms with E-state index in [1.807, 2.05) is 45.9 Å². The molecule has 0 unspecified atom stereocenters. The molecule has 8 nitrogen and oxygen atoms in total. The lowest BCUT2D eigenvalue weighted by Crippen LogP contribution is -2.31. The van der Waals surface area contributed by atoms with Crippen LogP contribution in [-0.2, 0) is 11.2 Å². The molecule has 33 heavy (non-hydrogen) atoms. The van der Waals surface area contributed by atoms with Gasteiger partial charge in [-0.25, -0.2) is 4.98 Å². The quantitative estimate of drug-likeness (QED) is 0.443. The number of hydrogen-bond donors (Lipinski definition) is 2. The zero-order chi connectivity index (χ0) is 23.7. The Morgan fingerprint density at radius 2 is 1.79 bits per heavy atom. The first-order valence-corrected chi connectivity index (χ1v) is 10.8. The summed E-state index contributed by atoms with van der Waals surface area (Å²) in [6.45, 7) is 9.32. The lowest BCUT2D eigenvalue weighted by atomic mass is 10.0. The Hall–Kier alpha value is -3.94. The van der Waals surface area contributed by atoms with Crippen molar-refractivity contribution in [1.82, 2.24) is 15.5 Å². The molecule has 2 amide bonds. The fourth-order valence-electron chi connectivity index (χ4n) is 3.76. The van der Waals surface area contributed by atoms with Gasteiger partial charge in [-0.1, -0.05) is 17.3 Å². The van der Waals surface area contributed by atoms with Gasteiger partial charge in [0.1, 0.15) is 11.5 Å². The fourth-order valence-corrected chi connectivity index (χ4v) is 3.76. The molecule has 170 valence electrons. The van der Waals surface area contributed by atoms with E-state index in [-0.39, 0.29) is 24.3 Å². The third kappa shape index (κ3) is 4.79. The molecule has 8 heteroatoms. The highest BCUT2D eigenvalue weighted by Crippen LogP contribution is 2.30. The van der Waals surface area contributed by atoms with Crippen molar-refractivity contribution >= 4 is 28.6 Å². The average molecular weight is 447 g/mol. The SMILES string of the molecule is Cc1cc(-c2cc(C(=O)Nc3ccc(CC(=O)NC(C)C)cc3)c3c(C)noc3n2)c(C)o1. The summed E-state index contributed by atoms with van der Waals surface area (Å²) in [4.78, 5) is 29.8. The number of nitrogens with zero attached hydrogens (tertiary/aromatic N) is 2. The second kappa shape index (κ2) is 8.90. The van der Waals surface area contributed by atoms with Gasteiger partial charge in [-0.3, -0.25) is 9.59 Å². The van der Waals surface area contributed by atoms with Gasteiger partial charge in [0.15, 0.2) is 0 Å². The molecule has 3 aromatic heterocycles. The number of carbonyl (C=O) groups is 2. The number of anilines is 1. The van der Waals surface area contributed by atoms with Crippen LogP contribution in [0, 0.1) is 20.8 Å². The third-order valence-corrected chi connectivity index (χ3v) is 5.20. The van der Waals surface area contributed by atoms with Crippen molar-refractivity contribution in [3.8, 4) is 11.3 Å². The molecular weight excluding hydrogens is 420 g/mol. The van der Waals surface area contributed by atoms with Gasteiger partial charge >= 0.3 is 0 Å². The van der Waals surface area contributed by atoms with Crippen molar-refractivity contribution < 1.29 is 18.5 Å². The largest absolute Gasteiger partial charge is 0.466 e. The highest BCUT2D eigenvalue weighted by Gasteiger charge is 2.21. The molecule has 3 heterocycles. The molecule has 2 N–H and O–H groups in total. The van der Waals surface area contributed by atoms with E-state index in [0.717, 1.165) is 16.9 Å². The van der Waals surface area contributed by atoms with Gasteiger partial charge in [0.05, 0.1) is 28.8 Å². The number of furan rings is 1. The van der Waals surface area contributed by atoms with Crippen LogP contribution in [0.15, 0.2) is 45.3 Å². The van der Waals surface area contributed by atoms with Gasteiger partial charge in [-0.2, -0.15) is 0 Å². The summed E-state index contributed by atoms with van der Waals surface area (Å²) < 4.78 is 11.0. The first-order chi connectivity index (χ1) is 15.7. The molecule has 0 aliphatic rings. The van der Waals surface area contributed by atoms with Gasteiger partial charge in [0.2, 0.25) is 5.91 Å². The van der Waals surface area contributed by atoms with Gasteiger partial charge in [-0.05, 0) is 64.4 Å². The minimum Gasteiger partial charge on any atom is -0.466 e. The van der Waals surface area contributed by atoms with Gasteiger partial charge < -0.3 is 19.6 Å². The summed E-state index contributed by atoms with van der Waals surface area (Å²) in [5, 5.41) is 10.3. The predicted molar refractivity (Wildman–Crippen MR) is 125 cm³/mol. The minimum atomic E-state index is -0.307. The van der Waals surface area contributed by atoms with Crippen molar-refractivity contribution in [2.45, 2.75) is 47.1 Å². The number of aryl methyl sites for hydroxylation is 3. The van der Waals surface area contributed by atoms with Gasteiger partial charge in [-0.15, -0.1) is 0 Å². The van der Waals surface area contributed by atoms with E-state index in [4.69, 9.17) is 8.94 Å². The van der Waals surface area contributed by atoms with Crippen LogP contribution in [0.3, 0.4) is 0 Å². The molecule has 0 radical (unpaired) electrons. The van der Waals surface area contributed by atoms with Crippen LogP contribution in [0.4, 0.5) is 5.69 Å². The Morgan fingerprint density at radius 3 is 2.42 bits per heavy atom. The number of rotatable bonds is 6. The molecule has 0 aliphatic heterocycles. The molecule has 0 saturated heterocycles. The number of amides is 2. The standard InChI is InChI=1S/C25H26N4O4/c1-13(2)26-22(30)11-17-6-8-18(9-7-17)27-24(31)20-12-21(19-10-14(3)32-16(19)5)28-25-23(20)15(4)29-33-25/h6-10,12-13H,11H2,1-5H3,(H,26,30)(H,27,31). The second-order valence-corrected chi connectivity index (χ2v) is 8.38. The first-order valence-electron chi connectivity index (χ1n) is 10.8. The highest BCUT2D eigenvalue weighted by molar-refractivity contribution is 6.13. The Labute approximate surface area is 191 Å². The summed E-state index contributed by atoms with van der Waals surface area (Å²) in [5.41, 5.74) is 4.13. The summed E-state index contributed by atoms with van der Waals surface area (Å²) in [7, 11) is 0. The molecular formula is C25H26N4O4. The van der Waals surface area contributed by atoms with Crippen LogP contribution in [0.5, 0.6) is 0 Å². The molecule has 0 bridgehead atoms. The molecule has 0 saturated carbocycles. The molecule has 0 fully saturated rings. The number of nitrogens with one attached hydrogen (secondary N) is 2. The van der Waals surface area contributed by atoms with Crippen LogP contribution in [-0.4, -0.2) is 28.0 Å². The van der Waals surface area contributed by atoms with Gasteiger partial charge in [0.25, 0.3) is 11.6 Å². The minimum absolute atomic E-state index is 0.0406. The smallest absolute Gasteiger partial charge is 0.259 e. The summed E-state index contributed by atoms with van der Waals surface area (Å²) in [6, 6.07) is 10.9. The monoisotopic (exact) mass is 446 g/mol. The number of fused-ring (bicyclic) bond motifs is 1. The van der Waals surface area contributed by atoms with E-state index in [1.54, 1.807) is 25.1 Å². The zero-order valence-corrected chi connectivity index (χ0v) is 19.3. The molecule has 4 rings (SSSR count). The summed E-state index contributed by atoms with van der Waals surface area (Å²) >= 11 is 0. The highest BCUT2D eigenvalue weighted by atomic mass is 16.5. The predicted octanol–water partition coefficient (Wildman–Crippen LogP) is 4.73. The molecule has 0 aliphatic carbocycles. The van der Waals surface area contributed by atoms with Crippen LogP contribution < -0.4 is 10.6 Å². The Balaban J connectivity index is 1.61. The van der Waals surface area contributed by atoms with E-state index in [9.17, 15) is 9.59 Å². The number of hydrogen-bond acceptors (Lipinski definition) is 6. The van der Waals surface area contributed by atoms with E-state index in [2.05, 4.69) is 20.8 Å². The number of pyridine rings is 1. The summed E-state index contributed by atoms with van der Waals surface area (Å²) in [5.74, 6) is 1.12. The van der Waals surface area contributed by atoms with E-state index in [0.29, 0.717) is 39.5 Å². The molecule has 1 aromatic carbocycles. The van der Waals surface area contributed by atoms with Crippen LogP contribution >= 0.6 is 0 Å². The summed E-state index contributed by atoms with van der Waals surface area (Å²) in [6.07, 6.45) is 0.282. The Kier molecular flexibility index (Phi) is 6.00. The number of benzene rings is 1. The van der Waals surface area contributed by atoms with Crippen molar-refractivity contribution in [2.24, 2.45) is 0 Å². The molecule has 4 aromatic rings. The topological polar surface area (TPSA) is 110 Å². The maximum Gasteiger partial charge on any atom is 0.259 e. The second-order valence-electron chi connectivity index (χ2n) is 8.38. The van der Waals surface area contributed by atoms with E-state index in [1.165, 1.54) is 0 Å². The van der Waals surface area contributed by atoms with Crippen LogP contribution in [0.2, 0.25) is 0 Å². The van der Waals surface area contributed by atoms with Crippen molar-refractivity contribution in [1.29, 1.82) is 0 Å². The maximum absolute atomic E-state index is 13.2. The zero-order valence-electron chi connectivity index (χ0n) is 19.3. The molecule has 0 atom stereocenters. The van der Waals surface area contributed by atoms with Gasteiger partial charge in [0, 0.05) is 17.3 Å². The number of aromatic nitrogens is 2. The van der Waals surface area contributed by atoms with E-state index < -0.39 is 0 Å². The van der Waals surface area contributed by atoms with Crippen LogP contribution in [0.25, 0.3) is 22.4 Å². The van der Waals surface area contributed by atoms with E-state index >= 15 is 0 Å². The average Bonchev–Trinajstić information content (AvgIpc) is 3.29. The van der Waals surface area contributed by atoms with Crippen LogP contribution in [0.1, 0.15) is 47.0 Å². The normalized spacial score (nSPS) is 11.2. The third-order valence-electron chi connectivity index (χ3n) is 5.20. The first kappa shape index (κ1) is 22.3. The lowest BCUT2D eigenvalue weighted by Gasteiger charge is -2.10. The lowest BCUT2D eigenvalue weighted by molar-refractivity contribution is -0.120. The van der Waals surface area contributed by atoms with Crippen molar-refractivity contribution in [3.63, 3.8) is 0 Å². The van der Waals surface area contributed by atoms with Crippen molar-refractivity contribution in [2.75, 3.05) is 5.32 Å².